The van der Waals surface area contributed by atoms with Crippen LogP contribution in [0.4, 0.5) is 4.79 Å². The van der Waals surface area contributed by atoms with Crippen LogP contribution in [0, 0.1) is 29.6 Å². The largest absolute Gasteiger partial charge is 0.453 e. The van der Waals surface area contributed by atoms with E-state index < -0.39 is 18.2 Å². The number of H-pyrrole nitrogens is 2. The zero-order valence-electron chi connectivity index (χ0n) is 32.0. The van der Waals surface area contributed by atoms with Gasteiger partial charge in [-0.1, -0.05) is 51.7 Å². The van der Waals surface area contributed by atoms with Crippen molar-refractivity contribution in [3.05, 3.63) is 71.4 Å². The van der Waals surface area contributed by atoms with E-state index in [0.717, 1.165) is 70.7 Å². The summed E-state index contributed by atoms with van der Waals surface area (Å²) in [6.07, 6.45) is 5.87. The fourth-order valence-electron chi connectivity index (χ4n) is 7.81. The van der Waals surface area contributed by atoms with E-state index in [4.69, 9.17) is 14.6 Å². The average Bonchev–Trinajstić information content (AvgIpc) is 3.68. The van der Waals surface area contributed by atoms with E-state index in [2.05, 4.69) is 42.0 Å². The highest BCUT2D eigenvalue weighted by Crippen LogP contribution is 2.53. The normalized spacial score (nSPS) is 21.5. The summed E-state index contributed by atoms with van der Waals surface area (Å²) in [5.41, 5.74) is 5.18. The van der Waals surface area contributed by atoms with Gasteiger partial charge in [0.05, 0.1) is 49.2 Å². The maximum Gasteiger partial charge on any atom is 0.407 e. The van der Waals surface area contributed by atoms with E-state index in [0.29, 0.717) is 12.5 Å². The van der Waals surface area contributed by atoms with E-state index in [9.17, 15) is 14.4 Å². The number of likely N-dealkylation sites (tertiary alicyclic amines) is 2. The van der Waals surface area contributed by atoms with Gasteiger partial charge in [-0.05, 0) is 79.3 Å². The van der Waals surface area contributed by atoms with Crippen molar-refractivity contribution in [1.29, 1.82) is 0 Å². The van der Waals surface area contributed by atoms with Gasteiger partial charge in [-0.25, -0.2) is 19.8 Å². The average molecular weight is 749 g/mol. The molecule has 4 heterocycles. The SMILES string of the molecule is COOC=N[C@H](C(=O)N1CCC[C@H]1c1ncc(-c2ccc(C#Cc3ccc4nc([C@@H]5C[C@H]6C[C@H]6N5C(=O)[C@@H](NC(=O)OC)C(C)C)[nH]c4c3)cc2)[nH]1)C(C)C. The molecule has 55 heavy (non-hydrogen) atoms. The number of aromatic nitrogens is 4. The minimum atomic E-state index is -0.682. The van der Waals surface area contributed by atoms with Crippen molar-refractivity contribution in [3.8, 4) is 23.1 Å². The molecule has 0 unspecified atom stereocenters. The number of carbonyl (C=O) groups is 3. The van der Waals surface area contributed by atoms with Crippen LogP contribution in [-0.2, 0) is 24.1 Å². The first kappa shape index (κ1) is 37.6. The molecule has 2 aromatic carbocycles. The number of benzene rings is 2. The third-order valence-electron chi connectivity index (χ3n) is 10.8. The third kappa shape index (κ3) is 7.93. The van der Waals surface area contributed by atoms with Crippen LogP contribution in [0.5, 0.6) is 0 Å². The van der Waals surface area contributed by atoms with Crippen molar-refractivity contribution in [3.63, 3.8) is 0 Å². The first-order chi connectivity index (χ1) is 26.6. The molecule has 14 nitrogen and oxygen atoms in total. The summed E-state index contributed by atoms with van der Waals surface area (Å²) in [4.78, 5) is 73.3. The predicted octanol–water partition coefficient (Wildman–Crippen LogP) is 5.69. The van der Waals surface area contributed by atoms with Gasteiger partial charge < -0.3 is 34.7 Å². The molecule has 3 N–H and O–H groups in total. The van der Waals surface area contributed by atoms with Gasteiger partial charge >= 0.3 is 6.09 Å². The fraction of sp³-hybridized carbons (Fsp3) is 0.463. The number of hydrogen-bond acceptors (Lipinski definition) is 9. The number of aliphatic imine (C=N–C) groups is 1. The molecule has 2 aromatic heterocycles. The van der Waals surface area contributed by atoms with Crippen LogP contribution in [0.25, 0.3) is 22.3 Å². The Morgan fingerprint density at radius 2 is 1.71 bits per heavy atom. The summed E-state index contributed by atoms with van der Waals surface area (Å²) >= 11 is 0. The lowest BCUT2D eigenvalue weighted by molar-refractivity contribution is -0.188. The number of carbonyl (C=O) groups excluding carboxylic acids is 3. The molecule has 14 heteroatoms. The lowest BCUT2D eigenvalue weighted by atomic mass is 10.0. The topological polar surface area (TPSA) is 167 Å². The van der Waals surface area contributed by atoms with Crippen molar-refractivity contribution < 1.29 is 28.9 Å². The number of ether oxygens (including phenoxy) is 1. The van der Waals surface area contributed by atoms with E-state index in [1.807, 2.05) is 80.0 Å². The highest BCUT2D eigenvalue weighted by molar-refractivity contribution is 5.87. The molecule has 6 atom stereocenters. The summed E-state index contributed by atoms with van der Waals surface area (Å²) in [7, 11) is 2.69. The van der Waals surface area contributed by atoms with Crippen molar-refractivity contribution >= 4 is 35.3 Å². The lowest BCUT2D eigenvalue weighted by Crippen LogP contribution is -2.52. The number of piperidine rings is 1. The smallest absolute Gasteiger partial charge is 0.407 e. The first-order valence-electron chi connectivity index (χ1n) is 18.9. The van der Waals surface area contributed by atoms with E-state index in [1.165, 1.54) is 20.6 Å². The van der Waals surface area contributed by atoms with Crippen LogP contribution in [0.1, 0.15) is 88.2 Å². The zero-order chi connectivity index (χ0) is 38.8. The van der Waals surface area contributed by atoms with Crippen LogP contribution in [0.3, 0.4) is 0 Å². The quantitative estimate of drug-likeness (QED) is 0.0579. The molecule has 0 bridgehead atoms. The number of imidazole rings is 2. The molecule has 1 aliphatic carbocycles. The number of alkyl carbamates (subject to hydrolysis) is 1. The molecule has 3 fully saturated rings. The number of rotatable bonds is 11. The van der Waals surface area contributed by atoms with Crippen molar-refractivity contribution in [1.82, 2.24) is 35.1 Å². The van der Waals surface area contributed by atoms with Gasteiger partial charge in [0.15, 0.2) is 0 Å². The minimum absolute atomic E-state index is 0.0136. The molecule has 288 valence electrons. The molecule has 3 amide bonds. The van der Waals surface area contributed by atoms with Crippen molar-refractivity contribution in [2.24, 2.45) is 22.7 Å². The molecular formula is C41H48N8O6. The maximum atomic E-state index is 13.8. The Bertz CT molecular complexity index is 2130. The van der Waals surface area contributed by atoms with Gasteiger partial charge in [0, 0.05) is 23.7 Å². The fourth-order valence-corrected chi connectivity index (χ4v) is 7.81. The number of hydrogen-bond donors (Lipinski definition) is 3. The monoisotopic (exact) mass is 748 g/mol. The number of amides is 3. The van der Waals surface area contributed by atoms with Gasteiger partial charge in [-0.15, -0.1) is 0 Å². The summed E-state index contributed by atoms with van der Waals surface area (Å²) in [6.45, 7) is 8.39. The number of nitrogens with one attached hydrogen (secondary N) is 3. The number of nitrogens with zero attached hydrogens (tertiary/aromatic N) is 5. The Morgan fingerprint density at radius 1 is 0.945 bits per heavy atom. The van der Waals surface area contributed by atoms with Crippen molar-refractivity contribution in [2.45, 2.75) is 83.6 Å². The first-order valence-corrected chi connectivity index (χ1v) is 18.9. The third-order valence-corrected chi connectivity index (χ3v) is 10.8. The van der Waals surface area contributed by atoms with Gasteiger partial charge in [-0.3, -0.25) is 9.59 Å². The number of aromatic amines is 2. The highest BCUT2D eigenvalue weighted by Gasteiger charge is 2.56. The van der Waals surface area contributed by atoms with E-state index >= 15 is 0 Å². The van der Waals surface area contributed by atoms with Crippen LogP contribution >= 0.6 is 0 Å². The molecule has 4 aromatic rings. The molecule has 2 saturated heterocycles. The Hall–Kier alpha value is -5.68. The molecule has 0 spiro atoms. The molecule has 0 radical (unpaired) electrons. The molecule has 7 rings (SSSR count). The van der Waals surface area contributed by atoms with E-state index in [1.54, 1.807) is 6.20 Å². The summed E-state index contributed by atoms with van der Waals surface area (Å²) in [6, 6.07) is 12.4. The highest BCUT2D eigenvalue weighted by atomic mass is 17.2. The second-order valence-electron chi connectivity index (χ2n) is 15.2. The second-order valence-corrected chi connectivity index (χ2v) is 15.2. The van der Waals surface area contributed by atoms with Gasteiger partial charge in [0.2, 0.25) is 18.2 Å². The van der Waals surface area contributed by atoms with Gasteiger partial charge in [-0.2, -0.15) is 4.89 Å². The van der Waals surface area contributed by atoms with Crippen LogP contribution in [-0.4, -0.2) is 92.9 Å². The number of methoxy groups -OCH3 is 1. The van der Waals surface area contributed by atoms with Gasteiger partial charge in [0.1, 0.15) is 23.7 Å². The van der Waals surface area contributed by atoms with Crippen LogP contribution in [0.2, 0.25) is 0 Å². The molecule has 1 saturated carbocycles. The molecule has 2 aliphatic heterocycles. The van der Waals surface area contributed by atoms with Gasteiger partial charge in [0.25, 0.3) is 0 Å². The van der Waals surface area contributed by atoms with Crippen LogP contribution < -0.4 is 5.32 Å². The Balaban J connectivity index is 1.02. The lowest BCUT2D eigenvalue weighted by Gasteiger charge is -2.31. The van der Waals surface area contributed by atoms with Crippen molar-refractivity contribution in [2.75, 3.05) is 20.8 Å². The second kappa shape index (κ2) is 16.0. The Morgan fingerprint density at radius 3 is 2.44 bits per heavy atom. The van der Waals surface area contributed by atoms with E-state index in [-0.39, 0.29) is 41.8 Å². The summed E-state index contributed by atoms with van der Waals surface area (Å²) < 4.78 is 4.79. The van der Waals surface area contributed by atoms with Crippen LogP contribution in [0.15, 0.2) is 53.7 Å². The Labute approximate surface area is 320 Å². The molecular weight excluding hydrogens is 701 g/mol. The minimum Gasteiger partial charge on any atom is -0.453 e. The summed E-state index contributed by atoms with van der Waals surface area (Å²) in [5, 5.41) is 2.73. The zero-order valence-corrected chi connectivity index (χ0v) is 32.0. The molecule has 3 aliphatic rings. The predicted molar refractivity (Wildman–Crippen MR) is 205 cm³/mol. The standard InChI is InChI=1S/C41H48N8O6/c1-23(2)35(43-22-55-54-6)39(50)48-17-7-8-32(48)37-42-21-31(46-37)27-14-11-25(12-15-27)9-10-26-13-16-29-30(18-26)45-38(44-29)34-20-28-19-33(28)49(34)40(51)36(24(3)4)47-41(52)53-5/h11-16,18,21-24,28,32-36H,7-8,17,19-20H2,1-6H3,(H,42,46)(H,44,45)(H,47,52)/t28-,32+,33-,34+,35+,36+/m1/s1. The maximum absolute atomic E-state index is 13.8. The summed E-state index contributed by atoms with van der Waals surface area (Å²) in [5.74, 6) is 8.20. The number of fused-ring (bicyclic) bond motifs is 2. The Kier molecular flexibility index (Phi) is 10.9.